The molecule has 1 aromatic rings. The van der Waals surface area contributed by atoms with Gasteiger partial charge in [0.2, 0.25) is 10.0 Å². The average Bonchev–Trinajstić information content (AvgIpc) is 2.29. The van der Waals surface area contributed by atoms with Crippen LogP contribution in [0.15, 0.2) is 23.1 Å². The molecule has 0 bridgehead atoms. The topological polar surface area (TPSA) is 57.6 Å². The lowest BCUT2D eigenvalue weighted by Crippen LogP contribution is -2.45. The Hall–Kier alpha value is -0.620. The highest BCUT2D eigenvalue weighted by Crippen LogP contribution is 2.32. The number of nitrogens with zero attached hydrogens (tertiary/aromatic N) is 1. The number of benzene rings is 1. The normalized spacial score (nSPS) is 16.6. The maximum Gasteiger partial charge on any atom is 0.243 e. The van der Waals surface area contributed by atoms with Crippen molar-refractivity contribution in [1.29, 1.82) is 0 Å². The first kappa shape index (κ1) is 14.8. The quantitative estimate of drug-likeness (QED) is 0.907. The molecule has 0 radical (unpaired) electrons. The summed E-state index contributed by atoms with van der Waals surface area (Å²) in [6.45, 7) is 1.67. The fraction of sp³-hybridized carbons (Fsp3) is 0.538. The predicted molar refractivity (Wildman–Crippen MR) is 74.8 cm³/mol. The molecule has 0 saturated heterocycles. The van der Waals surface area contributed by atoms with Crippen LogP contribution in [0.1, 0.15) is 24.8 Å². The lowest BCUT2D eigenvalue weighted by atomic mass is 9.93. The molecule has 0 amide bonds. The number of aliphatic hydroxyl groups excluding tert-OH is 1. The standard InChI is InChI=1S/C13H18ClNO3S/c1-10-12(14)6-3-7-13(10)19(17,18)15(8-9-16)11-4-2-5-11/h3,6-7,11,16H,2,4-5,8-9H2,1H3. The van der Waals surface area contributed by atoms with Gasteiger partial charge < -0.3 is 5.11 Å². The minimum absolute atomic E-state index is 0.00975. The predicted octanol–water partition coefficient (Wildman–Crippen LogP) is 2.18. The van der Waals surface area contributed by atoms with Crippen molar-refractivity contribution >= 4 is 21.6 Å². The third-order valence-electron chi connectivity index (χ3n) is 3.61. The maximum atomic E-state index is 12.7. The van der Waals surface area contributed by atoms with Crippen molar-refractivity contribution in [2.45, 2.75) is 37.1 Å². The van der Waals surface area contributed by atoms with Gasteiger partial charge in [-0.05, 0) is 37.5 Å². The summed E-state index contributed by atoms with van der Waals surface area (Å²) in [4.78, 5) is 0.236. The molecule has 4 nitrogen and oxygen atoms in total. The summed E-state index contributed by atoms with van der Waals surface area (Å²) in [5.74, 6) is 0. The van der Waals surface area contributed by atoms with E-state index in [-0.39, 0.29) is 24.1 Å². The molecule has 0 spiro atoms. The van der Waals surface area contributed by atoms with Crippen LogP contribution < -0.4 is 0 Å². The molecular formula is C13H18ClNO3S. The van der Waals surface area contributed by atoms with Crippen molar-refractivity contribution in [3.63, 3.8) is 0 Å². The Morgan fingerprint density at radius 3 is 2.63 bits per heavy atom. The minimum Gasteiger partial charge on any atom is -0.395 e. The molecular weight excluding hydrogens is 286 g/mol. The summed E-state index contributed by atoms with van der Waals surface area (Å²) in [6.07, 6.45) is 2.76. The van der Waals surface area contributed by atoms with E-state index in [1.165, 1.54) is 4.31 Å². The number of halogens is 1. The van der Waals surface area contributed by atoms with Crippen LogP contribution in [0.2, 0.25) is 5.02 Å². The molecule has 0 heterocycles. The van der Waals surface area contributed by atoms with Crippen LogP contribution in [0.5, 0.6) is 0 Å². The smallest absolute Gasteiger partial charge is 0.243 e. The van der Waals surface area contributed by atoms with Gasteiger partial charge in [-0.2, -0.15) is 4.31 Å². The fourth-order valence-electron chi connectivity index (χ4n) is 2.27. The first-order chi connectivity index (χ1) is 8.98. The van der Waals surface area contributed by atoms with Crippen molar-refractivity contribution in [2.75, 3.05) is 13.2 Å². The highest BCUT2D eigenvalue weighted by molar-refractivity contribution is 7.89. The molecule has 0 unspecified atom stereocenters. The van der Waals surface area contributed by atoms with Gasteiger partial charge in [0.15, 0.2) is 0 Å². The van der Waals surface area contributed by atoms with Gasteiger partial charge in [0.25, 0.3) is 0 Å². The van der Waals surface area contributed by atoms with E-state index in [1.807, 2.05) is 0 Å². The number of sulfonamides is 1. The lowest BCUT2D eigenvalue weighted by molar-refractivity contribution is 0.178. The molecule has 1 aromatic carbocycles. The number of hydrogen-bond acceptors (Lipinski definition) is 3. The van der Waals surface area contributed by atoms with Crippen molar-refractivity contribution < 1.29 is 13.5 Å². The molecule has 1 aliphatic rings. The second-order valence-corrected chi connectivity index (χ2v) is 7.05. The number of rotatable bonds is 5. The van der Waals surface area contributed by atoms with Crippen LogP contribution in [-0.2, 0) is 10.0 Å². The highest BCUT2D eigenvalue weighted by atomic mass is 35.5. The molecule has 0 atom stereocenters. The zero-order valence-electron chi connectivity index (χ0n) is 10.8. The van der Waals surface area contributed by atoms with E-state index in [0.29, 0.717) is 10.6 Å². The fourth-order valence-corrected chi connectivity index (χ4v) is 4.42. The van der Waals surface area contributed by atoms with Crippen LogP contribution in [0.4, 0.5) is 0 Å². The van der Waals surface area contributed by atoms with E-state index >= 15 is 0 Å². The van der Waals surface area contributed by atoms with Gasteiger partial charge in [-0.15, -0.1) is 0 Å². The Bertz CT molecular complexity index is 555. The van der Waals surface area contributed by atoms with E-state index in [0.717, 1.165) is 19.3 Å². The summed E-state index contributed by atoms with van der Waals surface area (Å²) in [6, 6.07) is 4.89. The zero-order valence-corrected chi connectivity index (χ0v) is 12.4. The van der Waals surface area contributed by atoms with Crippen molar-refractivity contribution in [1.82, 2.24) is 4.31 Å². The van der Waals surface area contributed by atoms with E-state index in [9.17, 15) is 8.42 Å². The van der Waals surface area contributed by atoms with Gasteiger partial charge in [-0.3, -0.25) is 0 Å². The molecule has 0 aliphatic heterocycles. The average molecular weight is 304 g/mol. The zero-order chi connectivity index (χ0) is 14.0. The highest BCUT2D eigenvalue weighted by Gasteiger charge is 2.35. The monoisotopic (exact) mass is 303 g/mol. The van der Waals surface area contributed by atoms with Crippen molar-refractivity contribution in [3.8, 4) is 0 Å². The Labute approximate surface area is 119 Å². The number of hydrogen-bond donors (Lipinski definition) is 1. The maximum absolute atomic E-state index is 12.7. The summed E-state index contributed by atoms with van der Waals surface area (Å²) in [5.41, 5.74) is 0.562. The van der Waals surface area contributed by atoms with Gasteiger partial charge in [-0.1, -0.05) is 24.1 Å². The summed E-state index contributed by atoms with van der Waals surface area (Å²) >= 11 is 6.00. The second kappa shape index (κ2) is 5.79. The molecule has 106 valence electrons. The number of aliphatic hydroxyl groups is 1. The molecule has 6 heteroatoms. The van der Waals surface area contributed by atoms with E-state index < -0.39 is 10.0 Å². The van der Waals surface area contributed by atoms with Crippen LogP contribution >= 0.6 is 11.6 Å². The third-order valence-corrected chi connectivity index (χ3v) is 6.11. The first-order valence-corrected chi connectivity index (χ1v) is 8.18. The van der Waals surface area contributed by atoms with Crippen molar-refractivity contribution in [2.24, 2.45) is 0 Å². The summed E-state index contributed by atoms with van der Waals surface area (Å²) < 4.78 is 26.8. The van der Waals surface area contributed by atoms with E-state index in [4.69, 9.17) is 16.7 Å². The Kier molecular flexibility index (Phi) is 4.50. The molecule has 1 N–H and O–H groups in total. The molecule has 1 aliphatic carbocycles. The molecule has 19 heavy (non-hydrogen) atoms. The molecule has 1 saturated carbocycles. The van der Waals surface area contributed by atoms with Gasteiger partial charge >= 0.3 is 0 Å². The first-order valence-electron chi connectivity index (χ1n) is 6.36. The van der Waals surface area contributed by atoms with Crippen LogP contribution in [0.25, 0.3) is 0 Å². The van der Waals surface area contributed by atoms with Gasteiger partial charge in [0.05, 0.1) is 11.5 Å². The Morgan fingerprint density at radius 1 is 1.42 bits per heavy atom. The Morgan fingerprint density at radius 2 is 2.11 bits per heavy atom. The van der Waals surface area contributed by atoms with Crippen LogP contribution in [0, 0.1) is 6.92 Å². The summed E-state index contributed by atoms with van der Waals surface area (Å²) in [7, 11) is -3.59. The largest absolute Gasteiger partial charge is 0.395 e. The minimum atomic E-state index is -3.59. The second-order valence-electron chi connectivity index (χ2n) is 4.79. The van der Waals surface area contributed by atoms with Gasteiger partial charge in [0.1, 0.15) is 0 Å². The van der Waals surface area contributed by atoms with Crippen LogP contribution in [0.3, 0.4) is 0 Å². The van der Waals surface area contributed by atoms with E-state index in [2.05, 4.69) is 0 Å². The molecule has 1 fully saturated rings. The SMILES string of the molecule is Cc1c(Cl)cccc1S(=O)(=O)N(CCO)C1CCC1. The summed E-state index contributed by atoms with van der Waals surface area (Å²) in [5, 5.41) is 9.55. The molecule has 2 rings (SSSR count). The van der Waals surface area contributed by atoms with E-state index in [1.54, 1.807) is 25.1 Å². The Balaban J connectivity index is 2.41. The lowest BCUT2D eigenvalue weighted by Gasteiger charge is -2.36. The van der Waals surface area contributed by atoms with Gasteiger partial charge in [-0.25, -0.2) is 8.42 Å². The third kappa shape index (κ3) is 2.79. The van der Waals surface area contributed by atoms with Gasteiger partial charge in [0, 0.05) is 17.6 Å². The molecule has 0 aromatic heterocycles. The van der Waals surface area contributed by atoms with Crippen LogP contribution in [-0.4, -0.2) is 37.0 Å². The van der Waals surface area contributed by atoms with Crippen molar-refractivity contribution in [3.05, 3.63) is 28.8 Å².